The maximum atomic E-state index is 13.6. The van der Waals surface area contributed by atoms with E-state index in [1.54, 1.807) is 0 Å². The largest absolute Gasteiger partial charge is 0.489 e. The number of methoxy groups -OCH3 is 1. The number of esters is 1. The second-order valence-electron chi connectivity index (χ2n) is 4.24. The van der Waals surface area contributed by atoms with Crippen molar-refractivity contribution in [1.29, 1.82) is 0 Å². The van der Waals surface area contributed by atoms with Crippen LogP contribution in [0.2, 0.25) is 0 Å². The number of benzene rings is 2. The average Bonchev–Trinajstić information content (AvgIpc) is 2.53. The number of ketones is 1. The number of hydrogen-bond acceptors (Lipinski definition) is 4. The summed E-state index contributed by atoms with van der Waals surface area (Å²) >= 11 is 0. The lowest BCUT2D eigenvalue weighted by molar-refractivity contribution is -0.135. The number of Topliss-reactive ketones (excluding diaryl/α,β-unsaturated/α-hetero) is 1. The monoisotopic (exact) mass is 288 g/mol. The van der Waals surface area contributed by atoms with Gasteiger partial charge in [-0.25, -0.2) is 9.18 Å². The molecule has 0 spiro atoms. The molecule has 5 heteroatoms. The van der Waals surface area contributed by atoms with Crippen molar-refractivity contribution in [3.05, 3.63) is 65.5 Å². The van der Waals surface area contributed by atoms with Crippen LogP contribution in [-0.4, -0.2) is 18.9 Å². The molecule has 0 aromatic heterocycles. The third kappa shape index (κ3) is 3.66. The molecule has 2 aromatic rings. The lowest BCUT2D eigenvalue weighted by Crippen LogP contribution is -2.17. The molecule has 0 amide bonds. The number of rotatable bonds is 5. The topological polar surface area (TPSA) is 52.6 Å². The van der Waals surface area contributed by atoms with Gasteiger partial charge in [-0.15, -0.1) is 0 Å². The van der Waals surface area contributed by atoms with Crippen LogP contribution in [0, 0.1) is 5.82 Å². The first kappa shape index (κ1) is 14.7. The van der Waals surface area contributed by atoms with Crippen molar-refractivity contribution in [2.45, 2.75) is 6.61 Å². The Bertz CT molecular complexity index is 653. The fourth-order valence-corrected chi connectivity index (χ4v) is 1.71. The van der Waals surface area contributed by atoms with Gasteiger partial charge in [-0.2, -0.15) is 0 Å². The average molecular weight is 288 g/mol. The summed E-state index contributed by atoms with van der Waals surface area (Å²) in [4.78, 5) is 22.8. The van der Waals surface area contributed by atoms with Crippen LogP contribution in [0.15, 0.2) is 48.5 Å². The molecule has 4 nitrogen and oxygen atoms in total. The van der Waals surface area contributed by atoms with Crippen molar-refractivity contribution in [3.63, 3.8) is 0 Å². The molecule has 0 fully saturated rings. The fraction of sp³-hybridized carbons (Fsp3) is 0.125. The van der Waals surface area contributed by atoms with E-state index >= 15 is 0 Å². The smallest absolute Gasteiger partial charge is 0.379 e. The lowest BCUT2D eigenvalue weighted by Gasteiger charge is -2.08. The van der Waals surface area contributed by atoms with Gasteiger partial charge in [-0.3, -0.25) is 4.79 Å². The Balaban J connectivity index is 2.15. The van der Waals surface area contributed by atoms with Crippen molar-refractivity contribution >= 4 is 11.8 Å². The Morgan fingerprint density at radius 1 is 1.10 bits per heavy atom. The molecular weight excluding hydrogens is 275 g/mol. The molecule has 0 N–H and O–H groups in total. The minimum atomic E-state index is -1.12. The third-order valence-corrected chi connectivity index (χ3v) is 2.80. The van der Waals surface area contributed by atoms with Crippen molar-refractivity contribution < 1.29 is 23.5 Å². The van der Waals surface area contributed by atoms with E-state index in [2.05, 4.69) is 4.74 Å². The van der Waals surface area contributed by atoms with Gasteiger partial charge in [0.1, 0.15) is 18.2 Å². The summed E-state index contributed by atoms with van der Waals surface area (Å²) in [5.41, 5.74) is 0.565. The van der Waals surface area contributed by atoms with Gasteiger partial charge in [0.2, 0.25) is 0 Å². The predicted molar refractivity (Wildman–Crippen MR) is 73.5 cm³/mol. The molecular formula is C16H13FO4. The lowest BCUT2D eigenvalue weighted by atomic mass is 10.1. The minimum absolute atomic E-state index is 0.276. The maximum absolute atomic E-state index is 13.6. The summed E-state index contributed by atoms with van der Waals surface area (Å²) in [5.74, 6) is -2.65. The first-order chi connectivity index (χ1) is 10.1. The molecule has 2 rings (SSSR count). The van der Waals surface area contributed by atoms with Gasteiger partial charge in [0.15, 0.2) is 0 Å². The minimum Gasteiger partial charge on any atom is -0.489 e. The van der Waals surface area contributed by atoms with Crippen LogP contribution < -0.4 is 4.74 Å². The Morgan fingerprint density at radius 2 is 1.81 bits per heavy atom. The first-order valence-corrected chi connectivity index (χ1v) is 6.20. The third-order valence-electron chi connectivity index (χ3n) is 2.80. The van der Waals surface area contributed by atoms with Gasteiger partial charge in [0.25, 0.3) is 5.78 Å². The highest BCUT2D eigenvalue weighted by Gasteiger charge is 2.21. The second-order valence-corrected chi connectivity index (χ2v) is 4.24. The Hall–Kier alpha value is -2.69. The number of ether oxygens (including phenoxy) is 2. The van der Waals surface area contributed by atoms with Crippen LogP contribution in [0.25, 0.3) is 0 Å². The maximum Gasteiger partial charge on any atom is 0.379 e. The van der Waals surface area contributed by atoms with Crippen molar-refractivity contribution in [2.24, 2.45) is 0 Å². The fourth-order valence-electron chi connectivity index (χ4n) is 1.71. The molecule has 108 valence electrons. The van der Waals surface area contributed by atoms with Crippen molar-refractivity contribution in [3.8, 4) is 5.75 Å². The summed E-state index contributed by atoms with van der Waals surface area (Å²) in [6.07, 6.45) is 0. The van der Waals surface area contributed by atoms with Crippen LogP contribution in [0.4, 0.5) is 4.39 Å². The van der Waals surface area contributed by atoms with Crippen LogP contribution in [-0.2, 0) is 16.1 Å². The van der Waals surface area contributed by atoms with Gasteiger partial charge < -0.3 is 9.47 Å². The van der Waals surface area contributed by atoms with E-state index in [0.29, 0.717) is 5.75 Å². The Morgan fingerprint density at radius 3 is 2.48 bits per heavy atom. The zero-order valence-electron chi connectivity index (χ0n) is 11.3. The highest BCUT2D eigenvalue weighted by molar-refractivity contribution is 6.40. The van der Waals surface area contributed by atoms with Gasteiger partial charge in [0.05, 0.1) is 12.7 Å². The number of halogens is 1. The predicted octanol–water partition coefficient (Wildman–Crippen LogP) is 2.76. The molecule has 21 heavy (non-hydrogen) atoms. The summed E-state index contributed by atoms with van der Waals surface area (Å²) in [5, 5.41) is 0. The molecule has 0 aliphatic rings. The van der Waals surface area contributed by atoms with E-state index in [-0.39, 0.29) is 12.2 Å². The molecule has 0 heterocycles. The molecule has 0 aliphatic carbocycles. The van der Waals surface area contributed by atoms with Gasteiger partial charge in [0, 0.05) is 0 Å². The highest BCUT2D eigenvalue weighted by Crippen LogP contribution is 2.19. The van der Waals surface area contributed by atoms with E-state index < -0.39 is 17.6 Å². The molecule has 0 saturated heterocycles. The quantitative estimate of drug-likeness (QED) is 0.482. The molecule has 0 saturated carbocycles. The molecule has 2 aromatic carbocycles. The van der Waals surface area contributed by atoms with Crippen LogP contribution >= 0.6 is 0 Å². The summed E-state index contributed by atoms with van der Waals surface area (Å²) in [6.45, 7) is 0.276. The molecule has 0 radical (unpaired) electrons. The molecule has 0 unspecified atom stereocenters. The number of carbonyl (C=O) groups excluding carboxylic acids is 2. The zero-order valence-corrected chi connectivity index (χ0v) is 11.3. The molecule has 0 atom stereocenters. The van der Waals surface area contributed by atoms with Crippen molar-refractivity contribution in [1.82, 2.24) is 0 Å². The van der Waals surface area contributed by atoms with E-state index in [1.165, 1.54) is 12.1 Å². The number of carbonyl (C=O) groups is 2. The zero-order chi connectivity index (χ0) is 15.2. The Labute approximate surface area is 121 Å². The van der Waals surface area contributed by atoms with Crippen LogP contribution in [0.1, 0.15) is 15.9 Å². The van der Waals surface area contributed by atoms with E-state index in [9.17, 15) is 14.0 Å². The first-order valence-electron chi connectivity index (χ1n) is 6.20. The standard InChI is InChI=1S/C16H13FO4/c1-20-16(19)15(18)13-9-12(7-8-14(13)17)21-10-11-5-3-2-4-6-11/h2-9H,10H2,1H3. The van der Waals surface area contributed by atoms with Gasteiger partial charge in [-0.1, -0.05) is 30.3 Å². The second kappa shape index (κ2) is 6.65. The highest BCUT2D eigenvalue weighted by atomic mass is 19.1. The number of hydrogen-bond donors (Lipinski definition) is 0. The van der Waals surface area contributed by atoms with E-state index in [1.807, 2.05) is 30.3 Å². The van der Waals surface area contributed by atoms with Gasteiger partial charge in [-0.05, 0) is 23.8 Å². The molecule has 0 bridgehead atoms. The Kier molecular flexibility index (Phi) is 4.66. The van der Waals surface area contributed by atoms with E-state index in [0.717, 1.165) is 18.7 Å². The SMILES string of the molecule is COC(=O)C(=O)c1cc(OCc2ccccc2)ccc1F. The molecule has 0 aliphatic heterocycles. The van der Waals surface area contributed by atoms with Crippen molar-refractivity contribution in [2.75, 3.05) is 7.11 Å². The van der Waals surface area contributed by atoms with E-state index in [4.69, 9.17) is 4.74 Å². The summed E-state index contributed by atoms with van der Waals surface area (Å²) in [7, 11) is 1.06. The summed E-state index contributed by atoms with van der Waals surface area (Å²) < 4.78 is 23.4. The normalized spacial score (nSPS) is 10.0. The van der Waals surface area contributed by atoms with Crippen LogP contribution in [0.5, 0.6) is 5.75 Å². The van der Waals surface area contributed by atoms with Gasteiger partial charge >= 0.3 is 5.97 Å². The van der Waals surface area contributed by atoms with Crippen LogP contribution in [0.3, 0.4) is 0 Å². The summed E-state index contributed by atoms with van der Waals surface area (Å²) in [6, 6.07) is 13.0.